The predicted octanol–water partition coefficient (Wildman–Crippen LogP) is -0.263. The second-order valence-corrected chi connectivity index (χ2v) is 8.79. The number of sulfonamides is 1. The molecule has 1 fully saturated rings. The zero-order valence-corrected chi connectivity index (χ0v) is 11.5. The Labute approximate surface area is 102 Å². The Balaban J connectivity index is 2.84. The van der Waals surface area contributed by atoms with Crippen molar-refractivity contribution in [3.8, 4) is 6.07 Å². The number of rotatable bonds is 3. The number of hydrogen-bond acceptors (Lipinski definition) is 5. The summed E-state index contributed by atoms with van der Waals surface area (Å²) in [4.78, 5) is 0. The molecule has 0 amide bonds. The normalized spacial score (nSPS) is 23.2. The van der Waals surface area contributed by atoms with Crippen LogP contribution >= 0.6 is 0 Å². The highest BCUT2D eigenvalue weighted by Crippen LogP contribution is 2.22. The van der Waals surface area contributed by atoms with Gasteiger partial charge in [-0.3, -0.25) is 0 Å². The van der Waals surface area contributed by atoms with E-state index in [1.807, 2.05) is 6.07 Å². The maximum absolute atomic E-state index is 12.1. The van der Waals surface area contributed by atoms with Gasteiger partial charge < -0.3 is 0 Å². The highest BCUT2D eigenvalue weighted by Gasteiger charge is 2.36. The first-order chi connectivity index (χ1) is 7.70. The topological polar surface area (TPSA) is 95.3 Å². The van der Waals surface area contributed by atoms with Crippen molar-refractivity contribution in [2.45, 2.75) is 31.1 Å². The second kappa shape index (κ2) is 4.92. The lowest BCUT2D eigenvalue weighted by Crippen LogP contribution is -2.43. The highest BCUT2D eigenvalue weighted by molar-refractivity contribution is 7.92. The third-order valence-corrected chi connectivity index (χ3v) is 7.20. The van der Waals surface area contributed by atoms with Crippen molar-refractivity contribution in [2.75, 3.05) is 18.6 Å². The van der Waals surface area contributed by atoms with Gasteiger partial charge in [-0.15, -0.1) is 0 Å². The predicted molar refractivity (Wildman–Crippen MR) is 63.4 cm³/mol. The van der Waals surface area contributed by atoms with Gasteiger partial charge in [0, 0.05) is 7.05 Å². The van der Waals surface area contributed by atoms with E-state index in [1.165, 1.54) is 14.0 Å². The van der Waals surface area contributed by atoms with Crippen molar-refractivity contribution in [3.63, 3.8) is 0 Å². The molecule has 0 spiro atoms. The molecule has 98 valence electrons. The van der Waals surface area contributed by atoms with Gasteiger partial charge in [0.15, 0.2) is 0 Å². The standard InChI is InChI=1S/C9H16N2O4S2/c1-8(7-10)11(2)17(14,15)9-3-5-16(12,13)6-4-9/h8-9H,3-6H2,1-2H3. The minimum Gasteiger partial charge on any atom is -0.229 e. The Morgan fingerprint density at radius 2 is 1.82 bits per heavy atom. The summed E-state index contributed by atoms with van der Waals surface area (Å²) in [6.45, 7) is 1.50. The quantitative estimate of drug-likeness (QED) is 0.709. The first-order valence-electron chi connectivity index (χ1n) is 5.27. The first-order valence-corrected chi connectivity index (χ1v) is 8.60. The fourth-order valence-corrected chi connectivity index (χ4v) is 5.28. The average molecular weight is 280 g/mol. The Kier molecular flexibility index (Phi) is 4.17. The minimum atomic E-state index is -3.58. The third kappa shape index (κ3) is 3.18. The summed E-state index contributed by atoms with van der Waals surface area (Å²) in [5.74, 6) is -0.183. The van der Waals surface area contributed by atoms with Crippen LogP contribution in [0.3, 0.4) is 0 Å². The fourth-order valence-electron chi connectivity index (χ4n) is 1.70. The SMILES string of the molecule is CC(C#N)N(C)S(=O)(=O)C1CCS(=O)(=O)CC1. The van der Waals surface area contributed by atoms with E-state index in [-0.39, 0.29) is 24.3 Å². The van der Waals surface area contributed by atoms with Gasteiger partial charge in [-0.2, -0.15) is 9.57 Å². The first kappa shape index (κ1) is 14.4. The summed E-state index contributed by atoms with van der Waals surface area (Å²) in [5.41, 5.74) is 0. The highest BCUT2D eigenvalue weighted by atomic mass is 32.2. The summed E-state index contributed by atoms with van der Waals surface area (Å²) in [6, 6.07) is 1.12. The van der Waals surface area contributed by atoms with Crippen molar-refractivity contribution in [1.82, 2.24) is 4.31 Å². The lowest BCUT2D eigenvalue weighted by molar-refractivity contribution is 0.427. The molecule has 6 nitrogen and oxygen atoms in total. The van der Waals surface area contributed by atoms with Crippen LogP contribution in [0, 0.1) is 11.3 Å². The monoisotopic (exact) mass is 280 g/mol. The van der Waals surface area contributed by atoms with E-state index in [4.69, 9.17) is 5.26 Å². The average Bonchev–Trinajstić information content (AvgIpc) is 2.26. The van der Waals surface area contributed by atoms with Crippen molar-refractivity contribution < 1.29 is 16.8 Å². The number of nitriles is 1. The van der Waals surface area contributed by atoms with E-state index in [0.29, 0.717) is 0 Å². The van der Waals surface area contributed by atoms with Crippen LogP contribution in [0.2, 0.25) is 0 Å². The van der Waals surface area contributed by atoms with Crippen molar-refractivity contribution in [3.05, 3.63) is 0 Å². The molecule has 1 unspecified atom stereocenters. The van der Waals surface area contributed by atoms with E-state index >= 15 is 0 Å². The van der Waals surface area contributed by atoms with Crippen LogP contribution in [0.15, 0.2) is 0 Å². The molecule has 1 rings (SSSR count). The summed E-state index contributed by atoms with van der Waals surface area (Å²) >= 11 is 0. The van der Waals surface area contributed by atoms with Crippen LogP contribution in [-0.2, 0) is 19.9 Å². The van der Waals surface area contributed by atoms with Gasteiger partial charge >= 0.3 is 0 Å². The molecule has 1 aliphatic heterocycles. The second-order valence-electron chi connectivity index (χ2n) is 4.22. The van der Waals surface area contributed by atoms with E-state index in [0.717, 1.165) is 4.31 Å². The van der Waals surface area contributed by atoms with Crippen LogP contribution < -0.4 is 0 Å². The molecule has 1 aliphatic rings. The third-order valence-electron chi connectivity index (χ3n) is 3.06. The maximum Gasteiger partial charge on any atom is 0.217 e. The van der Waals surface area contributed by atoms with Gasteiger partial charge in [-0.25, -0.2) is 16.8 Å². The van der Waals surface area contributed by atoms with E-state index < -0.39 is 31.2 Å². The van der Waals surface area contributed by atoms with E-state index in [9.17, 15) is 16.8 Å². The fraction of sp³-hybridized carbons (Fsp3) is 0.889. The molecule has 0 aromatic carbocycles. The molecule has 1 atom stereocenters. The molecule has 0 N–H and O–H groups in total. The number of sulfone groups is 1. The molecule has 8 heteroatoms. The van der Waals surface area contributed by atoms with Gasteiger partial charge in [0.05, 0.1) is 22.8 Å². The Morgan fingerprint density at radius 3 is 2.24 bits per heavy atom. The molecule has 0 bridgehead atoms. The van der Waals surface area contributed by atoms with Crippen LogP contribution in [-0.4, -0.2) is 51.0 Å². The van der Waals surface area contributed by atoms with Gasteiger partial charge in [0.1, 0.15) is 15.9 Å². The van der Waals surface area contributed by atoms with Gasteiger partial charge in [0.25, 0.3) is 0 Å². The molecular weight excluding hydrogens is 264 g/mol. The number of hydrogen-bond donors (Lipinski definition) is 0. The summed E-state index contributed by atoms with van der Waals surface area (Å²) in [7, 11) is -5.30. The minimum absolute atomic E-state index is 0.0916. The van der Waals surface area contributed by atoms with E-state index in [1.54, 1.807) is 0 Å². The van der Waals surface area contributed by atoms with Crippen LogP contribution in [0.25, 0.3) is 0 Å². The molecule has 1 saturated heterocycles. The zero-order valence-electron chi connectivity index (χ0n) is 9.83. The molecular formula is C9H16N2O4S2. The molecule has 17 heavy (non-hydrogen) atoms. The molecule has 0 aromatic rings. The Bertz CT molecular complexity index is 504. The van der Waals surface area contributed by atoms with Crippen molar-refractivity contribution >= 4 is 19.9 Å². The van der Waals surface area contributed by atoms with Crippen LogP contribution in [0.5, 0.6) is 0 Å². The van der Waals surface area contributed by atoms with Gasteiger partial charge in [-0.05, 0) is 19.8 Å². The molecule has 0 radical (unpaired) electrons. The van der Waals surface area contributed by atoms with Gasteiger partial charge in [-0.1, -0.05) is 0 Å². The van der Waals surface area contributed by atoms with Crippen LogP contribution in [0.1, 0.15) is 19.8 Å². The molecule has 1 heterocycles. The summed E-state index contributed by atoms with van der Waals surface area (Å²) < 4.78 is 47.6. The lowest BCUT2D eigenvalue weighted by atomic mass is 10.2. The molecule has 0 aliphatic carbocycles. The zero-order chi connectivity index (χ0) is 13.3. The lowest BCUT2D eigenvalue weighted by Gasteiger charge is -2.28. The summed E-state index contributed by atoms with van der Waals surface area (Å²) in [6.07, 6.45) is 0.236. The Hall–Kier alpha value is -0.650. The van der Waals surface area contributed by atoms with Crippen LogP contribution in [0.4, 0.5) is 0 Å². The van der Waals surface area contributed by atoms with Gasteiger partial charge in [0.2, 0.25) is 10.0 Å². The largest absolute Gasteiger partial charge is 0.229 e. The molecule has 0 saturated carbocycles. The number of nitrogens with zero attached hydrogens (tertiary/aromatic N) is 2. The maximum atomic E-state index is 12.1. The summed E-state index contributed by atoms with van der Waals surface area (Å²) in [5, 5.41) is 8.01. The molecule has 0 aromatic heterocycles. The van der Waals surface area contributed by atoms with Crippen molar-refractivity contribution in [1.29, 1.82) is 5.26 Å². The van der Waals surface area contributed by atoms with E-state index in [2.05, 4.69) is 0 Å². The Morgan fingerprint density at radius 1 is 1.35 bits per heavy atom. The smallest absolute Gasteiger partial charge is 0.217 e. The van der Waals surface area contributed by atoms with Crippen molar-refractivity contribution in [2.24, 2.45) is 0 Å².